The summed E-state index contributed by atoms with van der Waals surface area (Å²) in [6, 6.07) is 14.0. The summed E-state index contributed by atoms with van der Waals surface area (Å²) in [5.41, 5.74) is 3.25. The van der Waals surface area contributed by atoms with Crippen molar-refractivity contribution in [1.29, 1.82) is 0 Å². The van der Waals surface area contributed by atoms with Crippen LogP contribution in [0.4, 0.5) is 4.39 Å². The number of likely N-dealkylation sites (tertiary alicyclic amines) is 2. The van der Waals surface area contributed by atoms with Gasteiger partial charge < -0.3 is 14.0 Å². The van der Waals surface area contributed by atoms with Crippen molar-refractivity contribution >= 4 is 22.2 Å². The molecular formula is C31H43FN4OS. The zero-order valence-corrected chi connectivity index (χ0v) is 24.6. The summed E-state index contributed by atoms with van der Waals surface area (Å²) in [6.07, 6.45) is 7.53. The number of imidazole rings is 1. The maximum absolute atomic E-state index is 15.3. The fourth-order valence-corrected chi connectivity index (χ4v) is 7.69. The first-order chi connectivity index (χ1) is 18.2. The second kappa shape index (κ2) is 11.3. The number of fused-ring (bicyclic) bond motifs is 1. The summed E-state index contributed by atoms with van der Waals surface area (Å²) < 4.78 is 29.1. The highest BCUT2D eigenvalue weighted by molar-refractivity contribution is 7.90. The molecule has 7 heteroatoms. The van der Waals surface area contributed by atoms with E-state index in [1.807, 2.05) is 35.9 Å². The summed E-state index contributed by atoms with van der Waals surface area (Å²) in [7, 11) is 1.96. The number of piperidine rings is 2. The van der Waals surface area contributed by atoms with Crippen LogP contribution in [0.5, 0.6) is 0 Å². The van der Waals surface area contributed by atoms with Crippen molar-refractivity contribution in [3.8, 4) is 11.4 Å². The fraction of sp³-hybridized carbons (Fsp3) is 0.581. The molecule has 0 saturated carbocycles. The molecule has 4 atom stereocenters. The summed E-state index contributed by atoms with van der Waals surface area (Å²) in [4.78, 5) is 10.9. The van der Waals surface area contributed by atoms with Crippen LogP contribution in [0.2, 0.25) is 0 Å². The van der Waals surface area contributed by atoms with E-state index in [-0.39, 0.29) is 5.82 Å². The number of hydrogen-bond donors (Lipinski definition) is 0. The average molecular weight is 539 g/mol. The van der Waals surface area contributed by atoms with Crippen LogP contribution in [0.15, 0.2) is 41.3 Å². The van der Waals surface area contributed by atoms with Crippen molar-refractivity contribution in [3.63, 3.8) is 0 Å². The first-order valence-corrected chi connectivity index (χ1v) is 15.8. The van der Waals surface area contributed by atoms with Crippen molar-refractivity contribution in [2.45, 2.75) is 94.8 Å². The Bertz CT molecular complexity index is 1250. The maximum atomic E-state index is 15.3. The van der Waals surface area contributed by atoms with Crippen molar-refractivity contribution < 1.29 is 8.94 Å². The minimum absolute atomic E-state index is 0.242. The molecule has 0 spiro atoms. The topological polar surface area (TPSA) is 47.4 Å². The van der Waals surface area contributed by atoms with Gasteiger partial charge in [-0.05, 0) is 125 Å². The summed E-state index contributed by atoms with van der Waals surface area (Å²) in [5, 5.41) is 0. The van der Waals surface area contributed by atoms with Gasteiger partial charge >= 0.3 is 0 Å². The van der Waals surface area contributed by atoms with Crippen molar-refractivity contribution in [3.05, 3.63) is 47.8 Å². The minimum Gasteiger partial charge on any atom is -0.612 e. The highest BCUT2D eigenvalue weighted by atomic mass is 32.2. The van der Waals surface area contributed by atoms with Gasteiger partial charge in [-0.15, -0.1) is 0 Å². The molecule has 5 rings (SSSR count). The number of nitrogens with zero attached hydrogens (tertiary/aromatic N) is 4. The molecule has 2 fully saturated rings. The van der Waals surface area contributed by atoms with Crippen molar-refractivity contribution in [1.82, 2.24) is 19.4 Å². The molecule has 5 nitrogen and oxygen atoms in total. The van der Waals surface area contributed by atoms with Gasteiger partial charge in [-0.3, -0.25) is 4.90 Å². The Morgan fingerprint density at radius 1 is 1.11 bits per heavy atom. The van der Waals surface area contributed by atoms with E-state index < -0.39 is 11.2 Å². The molecule has 206 valence electrons. The zero-order chi connectivity index (χ0) is 27.1. The van der Waals surface area contributed by atoms with Gasteiger partial charge in [0.15, 0.2) is 10.7 Å². The quantitative estimate of drug-likeness (QED) is 0.344. The van der Waals surface area contributed by atoms with E-state index in [1.165, 1.54) is 19.3 Å². The van der Waals surface area contributed by atoms with E-state index in [1.54, 1.807) is 12.3 Å². The van der Waals surface area contributed by atoms with E-state index in [0.29, 0.717) is 35.6 Å². The Morgan fingerprint density at radius 2 is 1.79 bits per heavy atom. The molecule has 4 unspecified atom stereocenters. The molecule has 2 aromatic carbocycles. The monoisotopic (exact) mass is 538 g/mol. The van der Waals surface area contributed by atoms with Crippen LogP contribution < -0.4 is 0 Å². The lowest BCUT2D eigenvalue weighted by Gasteiger charge is -2.50. The van der Waals surface area contributed by atoms with Gasteiger partial charge in [0.05, 0.1) is 5.52 Å². The van der Waals surface area contributed by atoms with Gasteiger partial charge in [-0.1, -0.05) is 6.92 Å². The van der Waals surface area contributed by atoms with Gasteiger partial charge in [0.2, 0.25) is 0 Å². The molecule has 38 heavy (non-hydrogen) atoms. The molecule has 0 radical (unpaired) electrons. The molecule has 2 aliphatic heterocycles. The molecule has 3 aromatic rings. The van der Waals surface area contributed by atoms with Crippen LogP contribution in [0, 0.1) is 5.82 Å². The van der Waals surface area contributed by atoms with E-state index >= 15 is 4.39 Å². The van der Waals surface area contributed by atoms with Crippen molar-refractivity contribution in [2.75, 3.05) is 19.3 Å². The second-order valence-electron chi connectivity index (χ2n) is 11.7. The van der Waals surface area contributed by atoms with Crippen LogP contribution in [-0.4, -0.2) is 67.4 Å². The summed E-state index contributed by atoms with van der Waals surface area (Å²) in [5.74, 6) is 0.859. The van der Waals surface area contributed by atoms with Crippen molar-refractivity contribution in [2.24, 2.45) is 7.05 Å². The lowest BCUT2D eigenvalue weighted by atomic mass is 9.84. The highest BCUT2D eigenvalue weighted by Crippen LogP contribution is 2.36. The molecule has 3 heterocycles. The van der Waals surface area contributed by atoms with Gasteiger partial charge in [0.25, 0.3) is 0 Å². The minimum atomic E-state index is -1.03. The van der Waals surface area contributed by atoms with Gasteiger partial charge in [-0.2, -0.15) is 0 Å². The molecule has 2 saturated heterocycles. The van der Waals surface area contributed by atoms with E-state index in [4.69, 9.17) is 0 Å². The third-order valence-corrected chi connectivity index (χ3v) is 10.0. The summed E-state index contributed by atoms with van der Waals surface area (Å²) in [6.45, 7) is 11.6. The number of aryl methyl sites for hydroxylation is 1. The van der Waals surface area contributed by atoms with Gasteiger partial charge in [0.1, 0.15) is 17.6 Å². The summed E-state index contributed by atoms with van der Waals surface area (Å²) >= 11 is -1.03. The van der Waals surface area contributed by atoms with Crippen LogP contribution in [0.3, 0.4) is 0 Å². The third-order valence-electron chi connectivity index (χ3n) is 9.08. The molecule has 0 bridgehead atoms. The molecule has 0 amide bonds. The maximum Gasteiger partial charge on any atom is 0.152 e. The normalized spacial score (nSPS) is 24.9. The predicted octanol–water partition coefficient (Wildman–Crippen LogP) is 6.34. The van der Waals surface area contributed by atoms with Crippen LogP contribution in [-0.2, 0) is 18.2 Å². The second-order valence-corrected chi connectivity index (χ2v) is 13.1. The van der Waals surface area contributed by atoms with E-state index in [0.717, 1.165) is 53.3 Å². The number of aromatic nitrogens is 2. The van der Waals surface area contributed by atoms with Crippen LogP contribution >= 0.6 is 0 Å². The Hall–Kier alpha value is -1.93. The lowest BCUT2D eigenvalue weighted by molar-refractivity contribution is -0.000179. The number of halogens is 1. The number of benzene rings is 2. The van der Waals surface area contributed by atoms with E-state index in [9.17, 15) is 4.55 Å². The Balaban J connectivity index is 1.31. The van der Waals surface area contributed by atoms with Gasteiger partial charge in [-0.25, -0.2) is 9.37 Å². The molecule has 0 aliphatic carbocycles. The lowest BCUT2D eigenvalue weighted by Crippen LogP contribution is -2.56. The Kier molecular flexibility index (Phi) is 8.20. The predicted molar refractivity (Wildman–Crippen MR) is 156 cm³/mol. The van der Waals surface area contributed by atoms with Crippen LogP contribution in [0.1, 0.15) is 71.3 Å². The molecule has 1 aromatic heterocycles. The first-order valence-electron chi connectivity index (χ1n) is 14.3. The van der Waals surface area contributed by atoms with Gasteiger partial charge in [0, 0.05) is 36.8 Å². The molecular weight excluding hydrogens is 495 g/mol. The third kappa shape index (κ3) is 5.27. The number of rotatable bonds is 6. The Morgan fingerprint density at radius 3 is 2.39 bits per heavy atom. The average Bonchev–Trinajstić information content (AvgIpc) is 3.24. The highest BCUT2D eigenvalue weighted by Gasteiger charge is 2.37. The zero-order valence-electron chi connectivity index (χ0n) is 23.8. The SMILES string of the molecule is CCC1CC(N2CCC(c3cc(F)c4nc(-c5ccc([S+](C)[O-])cc5)n(C)c4c3)CC2)CC(C)N1C(C)C. The number of hydrogen-bond acceptors (Lipinski definition) is 4. The fourth-order valence-electron chi connectivity index (χ4n) is 7.17. The smallest absolute Gasteiger partial charge is 0.152 e. The van der Waals surface area contributed by atoms with Crippen LogP contribution in [0.25, 0.3) is 22.4 Å². The standard InChI is InChI=1S/C31H43FN4OS/c1-7-25-19-26(16-21(4)36(25)20(2)3)35-14-12-22(13-15-35)24-17-28(32)30-29(18-24)34(5)31(33-30)23-8-10-27(11-9-23)38(6)37/h8-11,17-18,20-22,25-26H,7,12-16,19H2,1-6H3. The molecule has 0 N–H and O–H groups in total. The largest absolute Gasteiger partial charge is 0.612 e. The Labute approximate surface area is 230 Å². The first kappa shape index (κ1) is 27.6. The molecule has 2 aliphatic rings. The van der Waals surface area contributed by atoms with E-state index in [2.05, 4.69) is 48.5 Å².